The van der Waals surface area contributed by atoms with Crippen LogP contribution in [0.25, 0.3) is 6.08 Å². The number of sulfone groups is 1. The molecule has 1 aliphatic carbocycles. The van der Waals surface area contributed by atoms with E-state index in [1.54, 1.807) is 42.5 Å². The standard InChI is InChI=1S/C34H41NO9S/c1-21-5-15-28-22(2)31(41-32-34(28)27(21)17-18-33(3,42-32)43-44-34)35-30(37)20-40-19-24-6-11-25(12-7-24)29(36)16-10-23-8-13-26(14-9-23)45(4,38)39/h6-14,16,21-22,27-28,31-32H,5,15,17-20H2,1-4H3,(H,35,37)/b16-10+/t21-,22-,27+,28+,31-,32-,33-,34-/m1/s1. The van der Waals surface area contributed by atoms with Crippen LogP contribution in [0.1, 0.15) is 67.9 Å². The first-order valence-corrected chi connectivity index (χ1v) is 17.5. The fourth-order valence-electron chi connectivity index (χ4n) is 7.39. The highest BCUT2D eigenvalue weighted by Gasteiger charge is 2.69. The summed E-state index contributed by atoms with van der Waals surface area (Å²) >= 11 is 0. The van der Waals surface area contributed by atoms with Crippen molar-refractivity contribution in [1.82, 2.24) is 5.32 Å². The number of hydrogen-bond donors (Lipinski definition) is 1. The van der Waals surface area contributed by atoms with Gasteiger partial charge in [-0.2, -0.15) is 0 Å². The van der Waals surface area contributed by atoms with Gasteiger partial charge in [-0.15, -0.1) is 0 Å². The average Bonchev–Trinajstić information content (AvgIpc) is 3.24. The third-order valence-electron chi connectivity index (χ3n) is 9.94. The van der Waals surface area contributed by atoms with Crippen molar-refractivity contribution in [1.29, 1.82) is 0 Å². The van der Waals surface area contributed by atoms with Crippen LogP contribution < -0.4 is 5.32 Å². The molecule has 242 valence electrons. The van der Waals surface area contributed by atoms with Gasteiger partial charge >= 0.3 is 0 Å². The molecular formula is C34H41NO9S. The van der Waals surface area contributed by atoms with E-state index >= 15 is 0 Å². The van der Waals surface area contributed by atoms with Crippen molar-refractivity contribution in [3.63, 3.8) is 0 Å². The second-order valence-electron chi connectivity index (χ2n) is 13.1. The maximum Gasteiger partial charge on any atom is 0.248 e. The van der Waals surface area contributed by atoms with E-state index in [0.717, 1.165) is 43.1 Å². The predicted molar refractivity (Wildman–Crippen MR) is 164 cm³/mol. The lowest BCUT2D eigenvalue weighted by molar-refractivity contribution is -0.571. The first-order chi connectivity index (χ1) is 21.4. The van der Waals surface area contributed by atoms with E-state index in [4.69, 9.17) is 24.0 Å². The number of benzene rings is 2. The van der Waals surface area contributed by atoms with Gasteiger partial charge in [0.25, 0.3) is 0 Å². The molecule has 4 saturated heterocycles. The van der Waals surface area contributed by atoms with Gasteiger partial charge in [0.05, 0.1) is 11.5 Å². The minimum atomic E-state index is -3.27. The zero-order valence-electron chi connectivity index (χ0n) is 26.1. The van der Waals surface area contributed by atoms with Gasteiger partial charge in [-0.25, -0.2) is 18.2 Å². The van der Waals surface area contributed by atoms with Gasteiger partial charge in [-0.3, -0.25) is 9.59 Å². The van der Waals surface area contributed by atoms with Crippen molar-refractivity contribution in [2.75, 3.05) is 12.9 Å². The molecular weight excluding hydrogens is 598 g/mol. The Morgan fingerprint density at radius 1 is 1.00 bits per heavy atom. The van der Waals surface area contributed by atoms with Gasteiger partial charge in [0.1, 0.15) is 12.8 Å². The smallest absolute Gasteiger partial charge is 0.248 e. The molecule has 1 saturated carbocycles. The minimum absolute atomic E-state index is 0.0131. The van der Waals surface area contributed by atoms with E-state index in [2.05, 4.69) is 19.2 Å². The van der Waals surface area contributed by atoms with E-state index in [1.807, 2.05) is 6.92 Å². The van der Waals surface area contributed by atoms with Gasteiger partial charge in [-0.1, -0.05) is 56.3 Å². The Hall–Kier alpha value is -2.93. The second kappa shape index (κ2) is 12.4. The van der Waals surface area contributed by atoms with Crippen molar-refractivity contribution < 1.29 is 42.0 Å². The van der Waals surface area contributed by atoms with Gasteiger partial charge in [-0.05, 0) is 67.4 Å². The fourth-order valence-corrected chi connectivity index (χ4v) is 8.02. The number of carbonyl (C=O) groups is 2. The molecule has 0 aromatic heterocycles. The number of nitrogens with one attached hydrogen (secondary N) is 1. The van der Waals surface area contributed by atoms with E-state index in [9.17, 15) is 18.0 Å². The van der Waals surface area contributed by atoms with Gasteiger partial charge in [0, 0.05) is 30.1 Å². The molecule has 1 N–H and O–H groups in total. The van der Waals surface area contributed by atoms with Crippen LogP contribution in [0.2, 0.25) is 0 Å². The summed E-state index contributed by atoms with van der Waals surface area (Å²) in [6.45, 7) is 6.28. The van der Waals surface area contributed by atoms with Crippen molar-refractivity contribution in [3.05, 3.63) is 71.3 Å². The summed E-state index contributed by atoms with van der Waals surface area (Å²) < 4.78 is 41.7. The predicted octanol–water partition coefficient (Wildman–Crippen LogP) is 4.83. The Morgan fingerprint density at radius 2 is 1.73 bits per heavy atom. The topological polar surface area (TPSA) is 126 Å². The highest BCUT2D eigenvalue weighted by molar-refractivity contribution is 7.90. The fraction of sp³-hybridized carbons (Fsp3) is 0.529. The Kier molecular flexibility index (Phi) is 8.79. The summed E-state index contributed by atoms with van der Waals surface area (Å²) in [5.74, 6) is -0.528. The highest BCUT2D eigenvalue weighted by atomic mass is 32.2. The molecule has 4 heterocycles. The lowest BCUT2D eigenvalue weighted by atomic mass is 9.58. The molecule has 1 amide bonds. The molecule has 45 heavy (non-hydrogen) atoms. The number of ether oxygens (including phenoxy) is 3. The van der Waals surface area contributed by atoms with Gasteiger partial charge < -0.3 is 19.5 Å². The number of fused-ring (bicyclic) bond motifs is 2. The zero-order valence-corrected chi connectivity index (χ0v) is 26.9. The lowest BCUT2D eigenvalue weighted by Gasteiger charge is -2.60. The lowest BCUT2D eigenvalue weighted by Crippen LogP contribution is -2.72. The molecule has 7 rings (SSSR count). The summed E-state index contributed by atoms with van der Waals surface area (Å²) in [5, 5.41) is 3.01. The molecule has 2 aromatic rings. The van der Waals surface area contributed by atoms with Crippen LogP contribution in [0.5, 0.6) is 0 Å². The van der Waals surface area contributed by atoms with E-state index in [0.29, 0.717) is 11.5 Å². The summed E-state index contributed by atoms with van der Waals surface area (Å²) in [6, 6.07) is 13.3. The van der Waals surface area contributed by atoms with Crippen LogP contribution in [0, 0.1) is 23.7 Å². The number of ketones is 1. The first kappa shape index (κ1) is 32.0. The molecule has 10 nitrogen and oxygen atoms in total. The third-order valence-corrected chi connectivity index (χ3v) is 11.1. The largest absolute Gasteiger partial charge is 0.367 e. The van der Waals surface area contributed by atoms with Crippen LogP contribution in [0.4, 0.5) is 0 Å². The highest BCUT2D eigenvalue weighted by Crippen LogP contribution is 2.60. The van der Waals surface area contributed by atoms with Crippen LogP contribution >= 0.6 is 0 Å². The normalized spacial score (nSPS) is 34.2. The minimum Gasteiger partial charge on any atom is -0.367 e. The molecule has 5 aliphatic rings. The molecule has 1 spiro atoms. The summed E-state index contributed by atoms with van der Waals surface area (Å²) in [5.41, 5.74) is 1.35. The van der Waals surface area contributed by atoms with Crippen molar-refractivity contribution in [2.24, 2.45) is 23.7 Å². The monoisotopic (exact) mass is 639 g/mol. The van der Waals surface area contributed by atoms with Crippen LogP contribution in [0.15, 0.2) is 59.5 Å². The maximum atomic E-state index is 12.9. The Bertz CT molecular complexity index is 1560. The van der Waals surface area contributed by atoms with E-state index < -0.39 is 33.7 Å². The molecule has 11 heteroatoms. The molecule has 5 fully saturated rings. The summed E-state index contributed by atoms with van der Waals surface area (Å²) in [4.78, 5) is 37.8. The maximum absolute atomic E-state index is 12.9. The Balaban J connectivity index is 1.00. The van der Waals surface area contributed by atoms with E-state index in [-0.39, 0.29) is 47.6 Å². The molecule has 4 aliphatic heterocycles. The summed E-state index contributed by atoms with van der Waals surface area (Å²) in [6.07, 6.45) is 6.76. The number of amides is 1. The average molecular weight is 640 g/mol. The quantitative estimate of drug-likeness (QED) is 0.233. The Morgan fingerprint density at radius 3 is 2.44 bits per heavy atom. The SMILES string of the molecule is C[C@H]1[C@H](NC(=O)COCc2ccc(C(=O)/C=C/c3ccc(S(C)(=O)=O)cc3)cc2)O[C@@H]2O[C@@]3(C)CC[C@H]4[C@H](C)CC[C@@H]1[C@@]24OO3. The third kappa shape index (κ3) is 6.39. The van der Waals surface area contributed by atoms with Crippen LogP contribution in [-0.4, -0.2) is 56.9 Å². The van der Waals surface area contributed by atoms with Gasteiger partial charge in [0.2, 0.25) is 11.7 Å². The molecule has 2 aromatic carbocycles. The molecule has 0 unspecified atom stereocenters. The second-order valence-corrected chi connectivity index (χ2v) is 15.1. The van der Waals surface area contributed by atoms with E-state index in [1.165, 1.54) is 18.2 Å². The van der Waals surface area contributed by atoms with Crippen molar-refractivity contribution in [2.45, 2.75) is 81.9 Å². The Labute approximate surface area is 264 Å². The van der Waals surface area contributed by atoms with Crippen molar-refractivity contribution in [3.8, 4) is 0 Å². The number of hydrogen-bond acceptors (Lipinski definition) is 9. The van der Waals surface area contributed by atoms with Gasteiger partial charge in [0.15, 0.2) is 27.5 Å². The summed E-state index contributed by atoms with van der Waals surface area (Å²) in [7, 11) is -3.27. The number of allylic oxidation sites excluding steroid dienone is 1. The first-order valence-electron chi connectivity index (χ1n) is 15.6. The molecule has 2 bridgehead atoms. The van der Waals surface area contributed by atoms with Crippen LogP contribution in [-0.2, 0) is 45.2 Å². The number of rotatable bonds is 9. The van der Waals surface area contributed by atoms with Crippen molar-refractivity contribution >= 4 is 27.6 Å². The van der Waals surface area contributed by atoms with Crippen LogP contribution in [0.3, 0.4) is 0 Å². The molecule has 8 atom stereocenters. The number of carbonyl (C=O) groups excluding carboxylic acids is 2. The zero-order chi connectivity index (χ0) is 32.0. The molecule has 0 radical (unpaired) electrons.